The molecule has 0 amide bonds. The van der Waals surface area contributed by atoms with Gasteiger partial charge in [0.15, 0.2) is 0 Å². The number of rotatable bonds is 5. The Morgan fingerprint density at radius 1 is 1.05 bits per heavy atom. The summed E-state index contributed by atoms with van der Waals surface area (Å²) in [5.74, 6) is 1.31. The van der Waals surface area contributed by atoms with Crippen molar-refractivity contribution >= 4 is 0 Å². The summed E-state index contributed by atoms with van der Waals surface area (Å²) in [6.45, 7) is 8.94. The summed E-state index contributed by atoms with van der Waals surface area (Å²) in [4.78, 5) is 4.49. The summed E-state index contributed by atoms with van der Waals surface area (Å²) in [5, 5.41) is 0. The van der Waals surface area contributed by atoms with Crippen LogP contribution in [0.3, 0.4) is 0 Å². The van der Waals surface area contributed by atoms with E-state index in [1.807, 2.05) is 6.33 Å². The second kappa shape index (κ2) is 6.05. The Labute approximate surface area is 116 Å². The molecule has 2 rings (SSSR count). The first-order chi connectivity index (χ1) is 9.06. The van der Waals surface area contributed by atoms with Gasteiger partial charge in [-0.15, -0.1) is 0 Å². The third-order valence-corrected chi connectivity index (χ3v) is 3.47. The highest BCUT2D eigenvalue weighted by Gasteiger charge is 2.03. The van der Waals surface area contributed by atoms with Gasteiger partial charge < -0.3 is 4.57 Å². The van der Waals surface area contributed by atoms with Gasteiger partial charge in [0.1, 0.15) is 0 Å². The number of nitrogens with zero attached hydrogens (tertiary/aromatic N) is 2. The topological polar surface area (TPSA) is 17.8 Å². The third kappa shape index (κ3) is 3.69. The van der Waals surface area contributed by atoms with Gasteiger partial charge in [-0.2, -0.15) is 0 Å². The molecule has 19 heavy (non-hydrogen) atoms. The number of aryl methyl sites for hydroxylation is 1. The second-order valence-corrected chi connectivity index (χ2v) is 5.95. The highest BCUT2D eigenvalue weighted by Crippen LogP contribution is 2.17. The molecule has 0 saturated carbocycles. The number of imidazole rings is 1. The van der Waals surface area contributed by atoms with Crippen molar-refractivity contribution in [3.8, 4) is 5.69 Å². The minimum Gasteiger partial charge on any atom is -0.306 e. The molecule has 2 nitrogen and oxygen atoms in total. The zero-order valence-electron chi connectivity index (χ0n) is 12.4. The quantitative estimate of drug-likeness (QED) is 0.765. The van der Waals surface area contributed by atoms with Crippen molar-refractivity contribution < 1.29 is 0 Å². The molecule has 1 aromatic carbocycles. The molecule has 2 heteroatoms. The van der Waals surface area contributed by atoms with E-state index < -0.39 is 0 Å². The minimum atomic E-state index is 0.582. The van der Waals surface area contributed by atoms with Crippen molar-refractivity contribution in [1.29, 1.82) is 0 Å². The van der Waals surface area contributed by atoms with Gasteiger partial charge >= 0.3 is 0 Å². The van der Waals surface area contributed by atoms with E-state index in [0.717, 1.165) is 12.3 Å². The van der Waals surface area contributed by atoms with Gasteiger partial charge in [-0.25, -0.2) is 4.98 Å². The van der Waals surface area contributed by atoms with Crippen LogP contribution in [-0.2, 0) is 6.42 Å². The summed E-state index contributed by atoms with van der Waals surface area (Å²) in [6, 6.07) is 8.74. The average Bonchev–Trinajstić information content (AvgIpc) is 2.85. The van der Waals surface area contributed by atoms with E-state index >= 15 is 0 Å². The highest BCUT2D eigenvalue weighted by molar-refractivity contribution is 5.36. The number of hydrogen-bond acceptors (Lipinski definition) is 1. The van der Waals surface area contributed by atoms with E-state index in [-0.39, 0.29) is 0 Å². The Morgan fingerprint density at radius 2 is 1.74 bits per heavy atom. The van der Waals surface area contributed by atoms with E-state index in [1.165, 1.54) is 23.4 Å². The molecule has 0 N–H and O–H groups in total. The van der Waals surface area contributed by atoms with Crippen LogP contribution >= 0.6 is 0 Å². The SMILES string of the molecule is CC(C)CCc1cn(-c2ccc(C(C)C)cc2)cn1. The first-order valence-electron chi connectivity index (χ1n) is 7.19. The molecule has 0 radical (unpaired) electrons. The standard InChI is InChI=1S/C17H24N2/c1-13(2)5-8-16-11-19(12-18-16)17-9-6-15(7-10-17)14(3)4/h6-7,9-14H,5,8H2,1-4H3. The Balaban J connectivity index is 2.09. The fourth-order valence-corrected chi connectivity index (χ4v) is 2.10. The number of aromatic nitrogens is 2. The summed E-state index contributed by atoms with van der Waals surface area (Å²) in [5.41, 5.74) is 3.75. The van der Waals surface area contributed by atoms with Crippen molar-refractivity contribution in [2.24, 2.45) is 5.92 Å². The van der Waals surface area contributed by atoms with Crippen LogP contribution in [0, 0.1) is 5.92 Å². The fourth-order valence-electron chi connectivity index (χ4n) is 2.10. The van der Waals surface area contributed by atoms with Gasteiger partial charge in [-0.3, -0.25) is 0 Å². The Bertz CT molecular complexity index is 506. The summed E-state index contributed by atoms with van der Waals surface area (Å²) in [6.07, 6.45) is 6.32. The molecule has 2 aromatic rings. The largest absolute Gasteiger partial charge is 0.306 e. The lowest BCUT2D eigenvalue weighted by molar-refractivity contribution is 0.582. The lowest BCUT2D eigenvalue weighted by Gasteiger charge is -2.07. The molecule has 0 spiro atoms. The molecule has 0 aliphatic carbocycles. The van der Waals surface area contributed by atoms with E-state index in [1.54, 1.807) is 0 Å². The lowest BCUT2D eigenvalue weighted by Crippen LogP contribution is -1.93. The molecular formula is C17H24N2. The lowest BCUT2D eigenvalue weighted by atomic mass is 10.0. The van der Waals surface area contributed by atoms with Crippen LogP contribution in [-0.4, -0.2) is 9.55 Å². The smallest absolute Gasteiger partial charge is 0.0995 e. The first-order valence-corrected chi connectivity index (χ1v) is 7.19. The molecule has 0 atom stereocenters. The maximum absolute atomic E-state index is 4.49. The Hall–Kier alpha value is -1.57. The predicted octanol–water partition coefficient (Wildman–Crippen LogP) is 4.58. The normalized spacial score (nSPS) is 11.5. The van der Waals surface area contributed by atoms with Gasteiger partial charge in [0.05, 0.1) is 12.0 Å². The number of hydrogen-bond donors (Lipinski definition) is 0. The maximum atomic E-state index is 4.49. The summed E-state index contributed by atoms with van der Waals surface area (Å²) >= 11 is 0. The highest BCUT2D eigenvalue weighted by atomic mass is 15.0. The van der Waals surface area contributed by atoms with Crippen molar-refractivity contribution in [3.05, 3.63) is 48.0 Å². The van der Waals surface area contributed by atoms with E-state index in [4.69, 9.17) is 0 Å². The molecule has 0 aliphatic heterocycles. The van der Waals surface area contributed by atoms with Crippen molar-refractivity contribution in [2.75, 3.05) is 0 Å². The summed E-state index contributed by atoms with van der Waals surface area (Å²) < 4.78 is 2.11. The van der Waals surface area contributed by atoms with Crippen LogP contribution in [0.1, 0.15) is 51.3 Å². The van der Waals surface area contributed by atoms with Gasteiger partial charge in [-0.1, -0.05) is 39.8 Å². The number of benzene rings is 1. The molecule has 102 valence electrons. The molecule has 1 aromatic heterocycles. The van der Waals surface area contributed by atoms with Crippen LogP contribution in [0.2, 0.25) is 0 Å². The van der Waals surface area contributed by atoms with Crippen LogP contribution < -0.4 is 0 Å². The van der Waals surface area contributed by atoms with Crippen LogP contribution in [0.25, 0.3) is 5.69 Å². The van der Waals surface area contributed by atoms with Gasteiger partial charge in [-0.05, 0) is 42.4 Å². The molecule has 0 aliphatic rings. The molecule has 0 unspecified atom stereocenters. The van der Waals surface area contributed by atoms with E-state index in [9.17, 15) is 0 Å². The first kappa shape index (κ1) is 13.9. The average molecular weight is 256 g/mol. The van der Waals surface area contributed by atoms with Crippen LogP contribution in [0.4, 0.5) is 0 Å². The van der Waals surface area contributed by atoms with Crippen molar-refractivity contribution in [1.82, 2.24) is 9.55 Å². The Morgan fingerprint density at radius 3 is 2.32 bits per heavy atom. The zero-order valence-corrected chi connectivity index (χ0v) is 12.4. The second-order valence-electron chi connectivity index (χ2n) is 5.95. The molecular weight excluding hydrogens is 232 g/mol. The van der Waals surface area contributed by atoms with Crippen LogP contribution in [0.15, 0.2) is 36.8 Å². The van der Waals surface area contributed by atoms with Crippen LogP contribution in [0.5, 0.6) is 0 Å². The predicted molar refractivity (Wildman–Crippen MR) is 80.8 cm³/mol. The maximum Gasteiger partial charge on any atom is 0.0995 e. The summed E-state index contributed by atoms with van der Waals surface area (Å²) in [7, 11) is 0. The fraction of sp³-hybridized carbons (Fsp3) is 0.471. The van der Waals surface area contributed by atoms with Gasteiger partial charge in [0, 0.05) is 11.9 Å². The monoisotopic (exact) mass is 256 g/mol. The van der Waals surface area contributed by atoms with Gasteiger partial charge in [0.25, 0.3) is 0 Å². The third-order valence-electron chi connectivity index (χ3n) is 3.47. The van der Waals surface area contributed by atoms with Crippen molar-refractivity contribution in [3.63, 3.8) is 0 Å². The molecule has 0 bridgehead atoms. The van der Waals surface area contributed by atoms with E-state index in [2.05, 4.69) is 67.7 Å². The molecule has 1 heterocycles. The van der Waals surface area contributed by atoms with E-state index in [0.29, 0.717) is 5.92 Å². The zero-order chi connectivity index (χ0) is 13.8. The molecule has 0 saturated heterocycles. The Kier molecular flexibility index (Phi) is 4.41. The molecule has 0 fully saturated rings. The minimum absolute atomic E-state index is 0.582. The van der Waals surface area contributed by atoms with Gasteiger partial charge in [0.2, 0.25) is 0 Å². The van der Waals surface area contributed by atoms with Crippen molar-refractivity contribution in [2.45, 2.75) is 46.5 Å².